The molecular weight excluding hydrogens is 264 g/mol. The molecule has 0 spiro atoms. The summed E-state index contributed by atoms with van der Waals surface area (Å²) in [5, 5.41) is 2.12. The number of thiophene rings is 1. The average molecular weight is 281 g/mol. The van der Waals surface area contributed by atoms with Crippen LogP contribution in [0.2, 0.25) is 0 Å². The lowest BCUT2D eigenvalue weighted by molar-refractivity contribution is 0.878. The first kappa shape index (κ1) is 13.4. The minimum atomic E-state index is 0.506. The summed E-state index contributed by atoms with van der Waals surface area (Å²) in [4.78, 5) is 7.97. The summed E-state index contributed by atoms with van der Waals surface area (Å²) in [6, 6.07) is 6.38. The summed E-state index contributed by atoms with van der Waals surface area (Å²) in [6.07, 6.45) is 2.94. The fraction of sp³-hybridized carbons (Fsp3) is 0.357. The van der Waals surface area contributed by atoms with Gasteiger partial charge in [0.15, 0.2) is 0 Å². The lowest BCUT2D eigenvalue weighted by atomic mass is 10.2. The highest BCUT2D eigenvalue weighted by molar-refractivity contribution is 7.09. The van der Waals surface area contributed by atoms with Crippen molar-refractivity contribution in [2.24, 2.45) is 0 Å². The van der Waals surface area contributed by atoms with Crippen LogP contribution in [0.25, 0.3) is 0 Å². The SMILES string of the molecule is Cc1cc(N(C)CCc2cccs2)c(CCl)cn1. The quantitative estimate of drug-likeness (QED) is 0.773. The molecule has 0 atom stereocenters. The molecule has 0 saturated carbocycles. The summed E-state index contributed by atoms with van der Waals surface area (Å²) < 4.78 is 0. The van der Waals surface area contributed by atoms with E-state index >= 15 is 0 Å². The molecule has 18 heavy (non-hydrogen) atoms. The van der Waals surface area contributed by atoms with Crippen LogP contribution in [0.4, 0.5) is 5.69 Å². The second kappa shape index (κ2) is 6.21. The molecule has 0 unspecified atom stereocenters. The van der Waals surface area contributed by atoms with Crippen LogP contribution in [-0.4, -0.2) is 18.6 Å². The molecule has 0 radical (unpaired) electrons. The van der Waals surface area contributed by atoms with Gasteiger partial charge in [-0.3, -0.25) is 4.98 Å². The van der Waals surface area contributed by atoms with Crippen LogP contribution in [0, 0.1) is 6.92 Å². The average Bonchev–Trinajstić information content (AvgIpc) is 2.89. The minimum absolute atomic E-state index is 0.506. The number of aryl methyl sites for hydroxylation is 1. The lowest BCUT2D eigenvalue weighted by Crippen LogP contribution is -2.21. The molecule has 2 aromatic rings. The van der Waals surface area contributed by atoms with E-state index in [1.165, 1.54) is 10.6 Å². The molecule has 0 aliphatic carbocycles. The summed E-state index contributed by atoms with van der Waals surface area (Å²) in [6.45, 7) is 3.00. The molecule has 0 aliphatic heterocycles. The molecule has 2 rings (SSSR count). The van der Waals surface area contributed by atoms with E-state index in [1.807, 2.05) is 24.5 Å². The molecule has 0 fully saturated rings. The van der Waals surface area contributed by atoms with Gasteiger partial charge in [0.2, 0.25) is 0 Å². The topological polar surface area (TPSA) is 16.1 Å². The van der Waals surface area contributed by atoms with Crippen molar-refractivity contribution in [3.8, 4) is 0 Å². The molecule has 0 saturated heterocycles. The number of hydrogen-bond acceptors (Lipinski definition) is 3. The Labute approximate surface area is 117 Å². The number of aromatic nitrogens is 1. The van der Waals surface area contributed by atoms with Crippen molar-refractivity contribution >= 4 is 28.6 Å². The zero-order valence-corrected chi connectivity index (χ0v) is 12.3. The van der Waals surface area contributed by atoms with E-state index in [-0.39, 0.29) is 0 Å². The van der Waals surface area contributed by atoms with Gasteiger partial charge in [-0.15, -0.1) is 22.9 Å². The van der Waals surface area contributed by atoms with Gasteiger partial charge in [0.25, 0.3) is 0 Å². The van der Waals surface area contributed by atoms with Crippen LogP contribution >= 0.6 is 22.9 Å². The van der Waals surface area contributed by atoms with Gasteiger partial charge in [-0.2, -0.15) is 0 Å². The van der Waals surface area contributed by atoms with Crippen molar-refractivity contribution in [3.63, 3.8) is 0 Å². The van der Waals surface area contributed by atoms with Crippen LogP contribution in [0.1, 0.15) is 16.1 Å². The van der Waals surface area contributed by atoms with Crippen molar-refractivity contribution in [1.29, 1.82) is 0 Å². The molecule has 2 heterocycles. The maximum absolute atomic E-state index is 5.96. The largest absolute Gasteiger partial charge is 0.374 e. The van der Waals surface area contributed by atoms with Crippen LogP contribution in [0.3, 0.4) is 0 Å². The standard InChI is InChI=1S/C14H17ClN2S/c1-11-8-14(12(9-15)10-16-11)17(2)6-5-13-4-3-7-18-13/h3-4,7-8,10H,5-6,9H2,1-2H3. The van der Waals surface area contributed by atoms with E-state index in [4.69, 9.17) is 11.6 Å². The van der Waals surface area contributed by atoms with Crippen LogP contribution < -0.4 is 4.90 Å². The summed E-state index contributed by atoms with van der Waals surface area (Å²) in [7, 11) is 2.11. The third kappa shape index (κ3) is 3.24. The predicted octanol–water partition coefficient (Wildman–Crippen LogP) is 3.87. The number of rotatable bonds is 5. The number of pyridine rings is 1. The highest BCUT2D eigenvalue weighted by Crippen LogP contribution is 2.22. The van der Waals surface area contributed by atoms with Gasteiger partial charge >= 0.3 is 0 Å². The molecule has 96 valence electrons. The monoisotopic (exact) mass is 280 g/mol. The first-order chi connectivity index (χ1) is 8.70. The Morgan fingerprint density at radius 3 is 2.94 bits per heavy atom. The molecule has 4 heteroatoms. The smallest absolute Gasteiger partial charge is 0.0509 e. The van der Waals surface area contributed by atoms with Crippen LogP contribution in [0.15, 0.2) is 29.8 Å². The summed E-state index contributed by atoms with van der Waals surface area (Å²) in [5.41, 5.74) is 3.31. The lowest BCUT2D eigenvalue weighted by Gasteiger charge is -2.21. The molecular formula is C14H17ClN2S. The van der Waals surface area contributed by atoms with E-state index in [2.05, 4.69) is 40.5 Å². The van der Waals surface area contributed by atoms with Gasteiger partial charge in [0.1, 0.15) is 0 Å². The molecule has 0 aliphatic rings. The molecule has 2 aromatic heterocycles. The second-order valence-corrected chi connectivity index (χ2v) is 5.64. The highest BCUT2D eigenvalue weighted by atomic mass is 35.5. The normalized spacial score (nSPS) is 10.6. The van der Waals surface area contributed by atoms with Gasteiger partial charge in [-0.25, -0.2) is 0 Å². The molecule has 0 bridgehead atoms. The number of alkyl halides is 1. The minimum Gasteiger partial charge on any atom is -0.374 e. The molecule has 0 aromatic carbocycles. The van der Waals surface area contributed by atoms with Gasteiger partial charge < -0.3 is 4.90 Å². The number of nitrogens with zero attached hydrogens (tertiary/aromatic N) is 2. The number of anilines is 1. The van der Waals surface area contributed by atoms with E-state index in [0.717, 1.165) is 24.2 Å². The molecule has 0 amide bonds. The van der Waals surface area contributed by atoms with E-state index in [1.54, 1.807) is 0 Å². The predicted molar refractivity (Wildman–Crippen MR) is 79.8 cm³/mol. The first-order valence-electron chi connectivity index (χ1n) is 5.95. The number of halogens is 1. The maximum atomic E-state index is 5.96. The maximum Gasteiger partial charge on any atom is 0.0509 e. The number of likely N-dealkylation sites (N-methyl/N-ethyl adjacent to an activating group) is 1. The summed E-state index contributed by atoms with van der Waals surface area (Å²) >= 11 is 7.77. The zero-order valence-electron chi connectivity index (χ0n) is 10.7. The van der Waals surface area contributed by atoms with Gasteiger partial charge in [-0.1, -0.05) is 6.07 Å². The molecule has 2 nitrogen and oxygen atoms in total. The third-order valence-corrected chi connectivity index (χ3v) is 4.15. The van der Waals surface area contributed by atoms with Crippen molar-refractivity contribution in [1.82, 2.24) is 4.98 Å². The van der Waals surface area contributed by atoms with Gasteiger partial charge in [0.05, 0.1) is 5.88 Å². The molecule has 0 N–H and O–H groups in total. The number of hydrogen-bond donors (Lipinski definition) is 0. The van der Waals surface area contributed by atoms with Crippen LogP contribution in [0.5, 0.6) is 0 Å². The van der Waals surface area contributed by atoms with Gasteiger partial charge in [0, 0.05) is 41.6 Å². The van der Waals surface area contributed by atoms with Crippen molar-refractivity contribution in [2.45, 2.75) is 19.2 Å². The Bertz CT molecular complexity index is 497. The zero-order chi connectivity index (χ0) is 13.0. The fourth-order valence-corrected chi connectivity index (χ4v) is 2.79. The Kier molecular flexibility index (Phi) is 4.61. The van der Waals surface area contributed by atoms with Crippen molar-refractivity contribution in [3.05, 3.63) is 45.9 Å². The first-order valence-corrected chi connectivity index (χ1v) is 7.37. The van der Waals surface area contributed by atoms with E-state index < -0.39 is 0 Å². The Morgan fingerprint density at radius 1 is 1.44 bits per heavy atom. The Hall–Kier alpha value is -1.06. The van der Waals surface area contributed by atoms with Gasteiger partial charge in [-0.05, 0) is 30.9 Å². The highest BCUT2D eigenvalue weighted by Gasteiger charge is 2.08. The third-order valence-electron chi connectivity index (χ3n) is 2.93. The Morgan fingerprint density at radius 2 is 2.28 bits per heavy atom. The van der Waals surface area contributed by atoms with Crippen molar-refractivity contribution in [2.75, 3.05) is 18.5 Å². The van der Waals surface area contributed by atoms with E-state index in [0.29, 0.717) is 5.88 Å². The van der Waals surface area contributed by atoms with Crippen molar-refractivity contribution < 1.29 is 0 Å². The summed E-state index contributed by atoms with van der Waals surface area (Å²) in [5.74, 6) is 0.506. The fourth-order valence-electron chi connectivity index (χ4n) is 1.89. The van der Waals surface area contributed by atoms with E-state index in [9.17, 15) is 0 Å². The second-order valence-electron chi connectivity index (χ2n) is 4.34. The van der Waals surface area contributed by atoms with Crippen LogP contribution in [-0.2, 0) is 12.3 Å². The Balaban J connectivity index is 2.08.